The lowest BCUT2D eigenvalue weighted by atomic mass is 10.1. The van der Waals surface area contributed by atoms with Crippen molar-refractivity contribution in [3.05, 3.63) is 0 Å². The largest absolute Gasteiger partial charge is 0.298 e. The van der Waals surface area contributed by atoms with Gasteiger partial charge >= 0.3 is 0 Å². The summed E-state index contributed by atoms with van der Waals surface area (Å²) in [6.45, 7) is 6.23. The van der Waals surface area contributed by atoms with E-state index in [0.29, 0.717) is 5.78 Å². The van der Waals surface area contributed by atoms with E-state index in [1.807, 2.05) is 0 Å². The minimum atomic E-state index is 0.247. The van der Waals surface area contributed by atoms with E-state index in [9.17, 15) is 4.79 Å². The van der Waals surface area contributed by atoms with Crippen molar-refractivity contribution in [3.63, 3.8) is 0 Å². The molecule has 0 bridgehead atoms. The second kappa shape index (κ2) is 6.18. The third-order valence-corrected chi connectivity index (χ3v) is 3.13. The topological polar surface area (TPSA) is 20.3 Å². The Kier molecular flexibility index (Phi) is 5.16. The number of nitrogens with zero attached hydrogens (tertiary/aromatic N) is 1. The predicted molar refractivity (Wildman–Crippen MR) is 59.4 cm³/mol. The van der Waals surface area contributed by atoms with Gasteiger partial charge in [-0.3, -0.25) is 9.69 Å². The molecular formula is C12H23NO. The van der Waals surface area contributed by atoms with Crippen molar-refractivity contribution in [2.24, 2.45) is 0 Å². The fourth-order valence-electron chi connectivity index (χ4n) is 2.30. The third-order valence-electron chi connectivity index (χ3n) is 3.13. The quantitative estimate of drug-likeness (QED) is 0.610. The smallest absolute Gasteiger partial charge is 0.146 e. The van der Waals surface area contributed by atoms with Crippen LogP contribution in [-0.2, 0) is 4.79 Å². The molecule has 14 heavy (non-hydrogen) atoms. The van der Waals surface area contributed by atoms with Gasteiger partial charge in [0.25, 0.3) is 0 Å². The molecule has 1 saturated heterocycles. The molecule has 1 rings (SSSR count). The summed E-state index contributed by atoms with van der Waals surface area (Å²) in [5, 5.41) is 0. The summed E-state index contributed by atoms with van der Waals surface area (Å²) in [5.74, 6) is 0.359. The summed E-state index contributed by atoms with van der Waals surface area (Å²) >= 11 is 0. The molecular weight excluding hydrogens is 174 g/mol. The van der Waals surface area contributed by atoms with Gasteiger partial charge in [-0.15, -0.1) is 0 Å². The van der Waals surface area contributed by atoms with Crippen molar-refractivity contribution in [2.45, 2.75) is 58.4 Å². The molecule has 1 aliphatic rings. The third kappa shape index (κ3) is 3.41. The van der Waals surface area contributed by atoms with Gasteiger partial charge in [-0.05, 0) is 39.3 Å². The zero-order valence-electron chi connectivity index (χ0n) is 9.59. The molecule has 1 heterocycles. The molecule has 0 spiro atoms. The number of hydrogen-bond donors (Lipinski definition) is 0. The van der Waals surface area contributed by atoms with Crippen LogP contribution in [0.1, 0.15) is 52.4 Å². The molecule has 0 N–H and O–H groups in total. The zero-order chi connectivity index (χ0) is 10.4. The Morgan fingerprint density at radius 3 is 2.79 bits per heavy atom. The van der Waals surface area contributed by atoms with Crippen LogP contribution in [0, 0.1) is 0 Å². The first kappa shape index (κ1) is 11.7. The Morgan fingerprint density at radius 2 is 2.14 bits per heavy atom. The molecule has 0 amide bonds. The number of carbonyl (C=O) groups excluding carboxylic acids is 1. The van der Waals surface area contributed by atoms with Crippen molar-refractivity contribution in [3.8, 4) is 0 Å². The monoisotopic (exact) mass is 197 g/mol. The highest BCUT2D eigenvalue weighted by atomic mass is 16.1. The van der Waals surface area contributed by atoms with Crippen LogP contribution in [0.15, 0.2) is 0 Å². The summed E-state index contributed by atoms with van der Waals surface area (Å²) in [6, 6.07) is 0.247. The average molecular weight is 197 g/mol. The first-order valence-corrected chi connectivity index (χ1v) is 6.00. The Labute approximate surface area is 87.7 Å². The van der Waals surface area contributed by atoms with Gasteiger partial charge in [-0.1, -0.05) is 26.2 Å². The van der Waals surface area contributed by atoms with E-state index in [1.165, 1.54) is 32.1 Å². The van der Waals surface area contributed by atoms with E-state index < -0.39 is 0 Å². The van der Waals surface area contributed by atoms with Crippen molar-refractivity contribution in [1.82, 2.24) is 4.90 Å². The molecule has 0 aliphatic carbocycles. The van der Waals surface area contributed by atoms with Crippen LogP contribution in [0.25, 0.3) is 0 Å². The van der Waals surface area contributed by atoms with Gasteiger partial charge < -0.3 is 0 Å². The molecule has 0 aromatic carbocycles. The molecule has 1 atom stereocenters. The molecule has 82 valence electrons. The fraction of sp³-hybridized carbons (Fsp3) is 0.917. The maximum Gasteiger partial charge on any atom is 0.146 e. The van der Waals surface area contributed by atoms with Crippen LogP contribution in [0.2, 0.25) is 0 Å². The first-order valence-electron chi connectivity index (χ1n) is 6.00. The number of unbranched alkanes of at least 4 members (excludes halogenated alkanes) is 3. The van der Waals surface area contributed by atoms with E-state index in [0.717, 1.165) is 19.5 Å². The Bertz CT molecular complexity index is 179. The highest BCUT2D eigenvalue weighted by Crippen LogP contribution is 2.18. The number of likely N-dealkylation sites (tertiary alicyclic amines) is 1. The van der Waals surface area contributed by atoms with Crippen LogP contribution in [-0.4, -0.2) is 29.8 Å². The molecule has 0 aromatic rings. The maximum absolute atomic E-state index is 11.3. The number of hydrogen-bond acceptors (Lipinski definition) is 2. The van der Waals surface area contributed by atoms with Crippen LogP contribution in [0.5, 0.6) is 0 Å². The second-order valence-corrected chi connectivity index (χ2v) is 4.37. The normalized spacial score (nSPS) is 22.9. The molecule has 2 nitrogen and oxygen atoms in total. The fourth-order valence-corrected chi connectivity index (χ4v) is 2.30. The van der Waals surface area contributed by atoms with Gasteiger partial charge in [0.2, 0.25) is 0 Å². The van der Waals surface area contributed by atoms with E-state index in [2.05, 4.69) is 11.8 Å². The number of Topliss-reactive ketones (excluding diaryl/α,β-unsaturated/α-hetero) is 1. The second-order valence-electron chi connectivity index (χ2n) is 4.37. The van der Waals surface area contributed by atoms with Gasteiger partial charge in [0.15, 0.2) is 0 Å². The summed E-state index contributed by atoms with van der Waals surface area (Å²) < 4.78 is 0. The van der Waals surface area contributed by atoms with Crippen LogP contribution in [0.4, 0.5) is 0 Å². The highest BCUT2D eigenvalue weighted by Gasteiger charge is 2.26. The lowest BCUT2D eigenvalue weighted by Crippen LogP contribution is -2.35. The van der Waals surface area contributed by atoms with Crippen LogP contribution >= 0.6 is 0 Å². The maximum atomic E-state index is 11.3. The molecule has 0 unspecified atom stereocenters. The highest BCUT2D eigenvalue weighted by molar-refractivity contribution is 5.81. The Morgan fingerprint density at radius 1 is 1.36 bits per heavy atom. The number of ketones is 1. The van der Waals surface area contributed by atoms with Crippen molar-refractivity contribution in [2.75, 3.05) is 13.1 Å². The molecule has 2 heteroatoms. The molecule has 1 fully saturated rings. The standard InChI is InChI=1S/C12H23NO/c1-3-4-5-6-9-13-10-7-8-12(13)11(2)14/h12H,3-10H2,1-2H3/t12-/m1/s1. The van der Waals surface area contributed by atoms with Gasteiger partial charge in [0.05, 0.1) is 6.04 Å². The minimum Gasteiger partial charge on any atom is -0.298 e. The van der Waals surface area contributed by atoms with Crippen molar-refractivity contribution in [1.29, 1.82) is 0 Å². The van der Waals surface area contributed by atoms with Gasteiger partial charge in [0, 0.05) is 0 Å². The van der Waals surface area contributed by atoms with Crippen molar-refractivity contribution >= 4 is 5.78 Å². The summed E-state index contributed by atoms with van der Waals surface area (Å²) in [7, 11) is 0. The van der Waals surface area contributed by atoms with E-state index in [4.69, 9.17) is 0 Å². The zero-order valence-corrected chi connectivity index (χ0v) is 9.59. The van der Waals surface area contributed by atoms with Gasteiger partial charge in [-0.25, -0.2) is 0 Å². The first-order chi connectivity index (χ1) is 6.75. The van der Waals surface area contributed by atoms with Crippen LogP contribution < -0.4 is 0 Å². The number of carbonyl (C=O) groups is 1. The molecule has 0 aromatic heterocycles. The summed E-state index contributed by atoms with van der Waals surface area (Å²) in [5.41, 5.74) is 0. The van der Waals surface area contributed by atoms with Gasteiger partial charge in [-0.2, -0.15) is 0 Å². The van der Waals surface area contributed by atoms with E-state index in [-0.39, 0.29) is 6.04 Å². The predicted octanol–water partition coefficient (Wildman–Crippen LogP) is 2.62. The molecule has 0 radical (unpaired) electrons. The summed E-state index contributed by atoms with van der Waals surface area (Å²) in [4.78, 5) is 13.7. The van der Waals surface area contributed by atoms with Gasteiger partial charge in [0.1, 0.15) is 5.78 Å². The Hall–Kier alpha value is -0.370. The average Bonchev–Trinajstić information content (AvgIpc) is 2.60. The molecule has 0 saturated carbocycles. The van der Waals surface area contributed by atoms with Crippen LogP contribution in [0.3, 0.4) is 0 Å². The Balaban J connectivity index is 2.19. The lowest BCUT2D eigenvalue weighted by molar-refractivity contribution is -0.121. The minimum absolute atomic E-state index is 0.247. The molecule has 1 aliphatic heterocycles. The van der Waals surface area contributed by atoms with E-state index in [1.54, 1.807) is 6.92 Å². The summed E-state index contributed by atoms with van der Waals surface area (Å²) in [6.07, 6.45) is 7.49. The van der Waals surface area contributed by atoms with E-state index >= 15 is 0 Å². The lowest BCUT2D eigenvalue weighted by Gasteiger charge is -2.21. The van der Waals surface area contributed by atoms with Crippen molar-refractivity contribution < 1.29 is 4.79 Å². The SMILES string of the molecule is CCCCCCN1CCC[C@@H]1C(C)=O. The number of rotatable bonds is 6.